The zero-order valence-corrected chi connectivity index (χ0v) is 38.6. The molecule has 59 heavy (non-hydrogen) atoms. The summed E-state index contributed by atoms with van der Waals surface area (Å²) in [4.78, 5) is 8.58. The first-order valence-corrected chi connectivity index (χ1v) is 22.0. The van der Waals surface area contributed by atoms with Gasteiger partial charge in [0, 0.05) is 37.3 Å². The van der Waals surface area contributed by atoms with Gasteiger partial charge in [-0.15, -0.1) is 0 Å². The number of methoxy groups -OCH3 is 1. The van der Waals surface area contributed by atoms with Crippen LogP contribution in [-0.2, 0) is 0 Å². The minimum Gasteiger partial charge on any atom is -0.497 e. The fourth-order valence-electron chi connectivity index (χ4n) is 6.72. The predicted molar refractivity (Wildman–Crippen MR) is 244 cm³/mol. The molecule has 286 valence electrons. The van der Waals surface area contributed by atoms with Gasteiger partial charge in [0.2, 0.25) is 0 Å². The fourth-order valence-corrected chi connectivity index (χ4v) is 12.0. The summed E-state index contributed by atoms with van der Waals surface area (Å²) in [6.07, 6.45) is 1.71. The molecule has 6 nitrogen and oxygen atoms in total. The molecule has 0 aliphatic rings. The van der Waals surface area contributed by atoms with Crippen molar-refractivity contribution in [2.75, 3.05) is 7.11 Å². The Bertz CT molecular complexity index is 2430. The van der Waals surface area contributed by atoms with E-state index in [4.69, 9.17) is 9.47 Å². The van der Waals surface area contributed by atoms with E-state index in [1.165, 1.54) is 31.8 Å². The Labute approximate surface area is 371 Å². The van der Waals surface area contributed by atoms with Gasteiger partial charge in [0.1, 0.15) is 53.4 Å². The molecule has 0 radical (unpaired) electrons. The summed E-state index contributed by atoms with van der Waals surface area (Å²) in [5.41, 5.74) is 1.62. The summed E-state index contributed by atoms with van der Waals surface area (Å²) >= 11 is 0. The maximum atomic E-state index is 6.94. The van der Waals surface area contributed by atoms with Crippen molar-refractivity contribution in [3.63, 3.8) is 0 Å². The van der Waals surface area contributed by atoms with Gasteiger partial charge in [0.15, 0.2) is 11.5 Å². The molecule has 0 unspecified atom stereocenters. The minimum atomic E-state index is -1.28. The molecule has 2 aromatic heterocycles. The number of para-hydroxylation sites is 2. The van der Waals surface area contributed by atoms with Gasteiger partial charge < -0.3 is 19.6 Å². The van der Waals surface area contributed by atoms with Crippen molar-refractivity contribution in [1.29, 1.82) is 0 Å². The number of nitrogens with zero attached hydrogens (tertiary/aromatic N) is 4. The SMILES string of the molecule is COc1ccc(-c2n[n-]c(-c3ccccn3)n2)cc1.[U].c1ccc([PH+](c2ccccc2)c2ccccc2Oc2ccccc2[PH+](c2ccccc2)c2ccccc2)cc1. The van der Waals surface area contributed by atoms with Crippen molar-refractivity contribution >= 4 is 47.7 Å². The second-order valence-corrected chi connectivity index (χ2v) is 18.1. The van der Waals surface area contributed by atoms with Crippen LogP contribution in [0.5, 0.6) is 17.2 Å². The van der Waals surface area contributed by atoms with Crippen LogP contribution >= 0.6 is 15.8 Å². The average Bonchev–Trinajstić information content (AvgIpc) is 3.81. The zero-order chi connectivity index (χ0) is 39.4. The van der Waals surface area contributed by atoms with Crippen molar-refractivity contribution in [1.82, 2.24) is 20.2 Å². The summed E-state index contributed by atoms with van der Waals surface area (Å²) in [5.74, 6) is 3.77. The monoisotopic (exact) mass is 1030 g/mol. The van der Waals surface area contributed by atoms with Crippen LogP contribution in [0, 0.1) is 31.1 Å². The van der Waals surface area contributed by atoms with Gasteiger partial charge in [-0.2, -0.15) is 0 Å². The smallest absolute Gasteiger partial charge is 0.170 e. The number of pyridine rings is 1. The van der Waals surface area contributed by atoms with E-state index in [9.17, 15) is 0 Å². The molecule has 9 heteroatoms. The van der Waals surface area contributed by atoms with E-state index in [0.29, 0.717) is 11.6 Å². The van der Waals surface area contributed by atoms with Crippen LogP contribution in [0.15, 0.2) is 219 Å². The molecule has 9 aromatic rings. The van der Waals surface area contributed by atoms with Crippen LogP contribution in [0.3, 0.4) is 0 Å². The van der Waals surface area contributed by atoms with Gasteiger partial charge in [-0.25, -0.2) is 0 Å². The van der Waals surface area contributed by atoms with Crippen molar-refractivity contribution in [3.8, 4) is 40.2 Å². The van der Waals surface area contributed by atoms with Gasteiger partial charge >= 0.3 is 0 Å². The minimum absolute atomic E-state index is 0. The first kappa shape index (κ1) is 41.5. The van der Waals surface area contributed by atoms with Crippen LogP contribution in [0.2, 0.25) is 0 Å². The van der Waals surface area contributed by atoms with Gasteiger partial charge in [-0.3, -0.25) is 10.1 Å². The number of aromatic nitrogens is 4. The molecule has 0 N–H and O–H groups in total. The largest absolute Gasteiger partial charge is 0.497 e. The molecule has 0 aliphatic heterocycles. The average molecular weight is 1030 g/mol. The number of rotatable bonds is 11. The Morgan fingerprint density at radius 3 is 1.31 bits per heavy atom. The molecule has 0 fully saturated rings. The molecule has 0 aliphatic carbocycles. The maximum Gasteiger partial charge on any atom is 0.170 e. The molecule has 0 amide bonds. The third-order valence-electron chi connectivity index (χ3n) is 9.48. The molecular weight excluding hydrogens is 989 g/mol. The molecule has 0 spiro atoms. The second kappa shape index (κ2) is 20.9. The predicted octanol–water partition coefficient (Wildman–Crippen LogP) is 8.63. The van der Waals surface area contributed by atoms with Gasteiger partial charge in [0.25, 0.3) is 0 Å². The number of hydrogen-bond donors (Lipinski definition) is 0. The first-order valence-electron chi connectivity index (χ1n) is 19.0. The van der Waals surface area contributed by atoms with Crippen molar-refractivity contribution < 1.29 is 40.6 Å². The molecule has 0 saturated carbocycles. The Kier molecular flexibility index (Phi) is 14.7. The summed E-state index contributed by atoms with van der Waals surface area (Å²) in [6.45, 7) is 0. The summed E-state index contributed by atoms with van der Waals surface area (Å²) < 4.78 is 12.1. The van der Waals surface area contributed by atoms with E-state index in [-0.39, 0.29) is 31.1 Å². The molecule has 9 rings (SSSR count). The van der Waals surface area contributed by atoms with E-state index in [0.717, 1.165) is 28.5 Å². The third-order valence-corrected chi connectivity index (χ3v) is 15.0. The molecular formula is C50H41N4O2P2U+. The number of benzene rings is 7. The first-order chi connectivity index (χ1) is 28.7. The molecule has 2 heterocycles. The Morgan fingerprint density at radius 2 is 0.881 bits per heavy atom. The van der Waals surface area contributed by atoms with E-state index < -0.39 is 15.8 Å². The second-order valence-electron chi connectivity index (χ2n) is 13.2. The number of hydrogen-bond acceptors (Lipinski definition) is 5. The van der Waals surface area contributed by atoms with Gasteiger partial charge in [0.05, 0.1) is 18.6 Å². The van der Waals surface area contributed by atoms with Gasteiger partial charge in [-0.05, 0) is 121 Å². The van der Waals surface area contributed by atoms with Crippen LogP contribution in [0.1, 0.15) is 0 Å². The van der Waals surface area contributed by atoms with Gasteiger partial charge in [-0.1, -0.05) is 103 Å². The molecule has 0 bridgehead atoms. The van der Waals surface area contributed by atoms with E-state index in [1.807, 2.05) is 42.5 Å². The Hall–Kier alpha value is -5.66. The maximum absolute atomic E-state index is 6.94. The van der Waals surface area contributed by atoms with Crippen LogP contribution in [-0.4, -0.2) is 22.2 Å². The molecule has 0 saturated heterocycles. The van der Waals surface area contributed by atoms with E-state index in [2.05, 4.69) is 190 Å². The summed E-state index contributed by atoms with van der Waals surface area (Å²) in [7, 11) is -0.924. The number of ether oxygens (including phenoxy) is 2. The van der Waals surface area contributed by atoms with Crippen LogP contribution < -0.4 is 46.4 Å². The van der Waals surface area contributed by atoms with Crippen LogP contribution in [0.25, 0.3) is 22.9 Å². The topological polar surface area (TPSA) is 71.2 Å². The van der Waals surface area contributed by atoms with Crippen molar-refractivity contribution in [2.45, 2.75) is 0 Å². The van der Waals surface area contributed by atoms with E-state index >= 15 is 0 Å². The standard InChI is InChI=1S/C36H28OP2.C14H11N4O.U/c1-5-17-29(18-6-1)38(30-19-7-2-8-20-30)35-27-15-13-25-33(35)37-34-26-14-16-28-36(34)39(31-21-9-3-10-22-31)32-23-11-4-12-24-32;1-19-11-7-5-10(6-8-11)13-16-14(18-17-13)12-4-2-3-9-15-12;/h1-28H;2-9H,1H3;/q;-1;/p+2. The van der Waals surface area contributed by atoms with Crippen molar-refractivity contribution in [3.05, 3.63) is 219 Å². The molecule has 0 atom stereocenters. The third kappa shape index (κ3) is 10.3. The van der Waals surface area contributed by atoms with E-state index in [1.54, 1.807) is 13.3 Å². The Morgan fingerprint density at radius 1 is 0.458 bits per heavy atom. The Balaban J connectivity index is 0.000000221. The summed E-state index contributed by atoms with van der Waals surface area (Å²) in [6, 6.07) is 73.7. The quantitative estimate of drug-likeness (QED) is 0.121. The molecule has 7 aromatic carbocycles. The normalized spacial score (nSPS) is 10.6. The summed E-state index contributed by atoms with van der Waals surface area (Å²) in [5, 5.41) is 16.0. The zero-order valence-electron chi connectivity index (χ0n) is 32.4. The van der Waals surface area contributed by atoms with Crippen LogP contribution in [0.4, 0.5) is 0 Å². The fraction of sp³-hybridized carbons (Fsp3) is 0.0200. The van der Waals surface area contributed by atoms with Crippen molar-refractivity contribution in [2.24, 2.45) is 0 Å².